The van der Waals surface area contributed by atoms with Crippen molar-refractivity contribution in [3.8, 4) is 11.4 Å². The molecular formula is C23H23N3O5. The number of aromatic nitrogens is 1. The van der Waals surface area contributed by atoms with Gasteiger partial charge in [-0.3, -0.25) is 19.0 Å². The lowest BCUT2D eigenvalue weighted by molar-refractivity contribution is 0.0516. The molecular weight excluding hydrogens is 398 g/mol. The van der Waals surface area contributed by atoms with Gasteiger partial charge in [0.1, 0.15) is 11.3 Å². The third-order valence-corrected chi connectivity index (χ3v) is 5.45. The Morgan fingerprint density at radius 3 is 2.26 bits per heavy atom. The number of piperazine rings is 1. The second-order valence-corrected chi connectivity index (χ2v) is 7.28. The van der Waals surface area contributed by atoms with E-state index in [1.165, 1.54) is 17.9 Å². The lowest BCUT2D eigenvalue weighted by Gasteiger charge is -2.34. The monoisotopic (exact) mass is 421 g/mol. The van der Waals surface area contributed by atoms with E-state index in [1.807, 2.05) is 6.07 Å². The summed E-state index contributed by atoms with van der Waals surface area (Å²) in [6.07, 6.45) is 3.10. The van der Waals surface area contributed by atoms with Crippen LogP contribution in [-0.4, -0.2) is 59.5 Å². The van der Waals surface area contributed by atoms with Gasteiger partial charge in [0.25, 0.3) is 17.4 Å². The van der Waals surface area contributed by atoms with Crippen LogP contribution in [0.25, 0.3) is 5.69 Å². The first-order valence-electron chi connectivity index (χ1n) is 9.99. The Morgan fingerprint density at radius 1 is 0.935 bits per heavy atom. The van der Waals surface area contributed by atoms with Crippen molar-refractivity contribution >= 4 is 11.8 Å². The normalized spacial score (nSPS) is 13.9. The standard InChI is InChI=1S/C23H23N3O5/c1-16-9-10-26(17-6-3-4-7-18(17)30-2)23(29)20(16)22(28)25-13-11-24(12-14-25)21(27)19-8-5-15-31-19/h3-10,15H,11-14H2,1-2H3. The highest BCUT2D eigenvalue weighted by molar-refractivity contribution is 5.96. The van der Waals surface area contributed by atoms with Crippen molar-refractivity contribution in [1.82, 2.24) is 14.4 Å². The molecule has 31 heavy (non-hydrogen) atoms. The van der Waals surface area contributed by atoms with Crippen LogP contribution < -0.4 is 10.3 Å². The van der Waals surface area contributed by atoms with Crippen molar-refractivity contribution in [2.75, 3.05) is 33.3 Å². The van der Waals surface area contributed by atoms with Gasteiger partial charge in [0, 0.05) is 32.4 Å². The highest BCUT2D eigenvalue weighted by Gasteiger charge is 2.29. The summed E-state index contributed by atoms with van der Waals surface area (Å²) in [5.41, 5.74) is 0.899. The highest BCUT2D eigenvalue weighted by Crippen LogP contribution is 2.21. The number of hydrogen-bond donors (Lipinski definition) is 0. The molecule has 1 fully saturated rings. The number of ether oxygens (including phenoxy) is 1. The maximum atomic E-state index is 13.3. The largest absolute Gasteiger partial charge is 0.495 e. The van der Waals surface area contributed by atoms with Gasteiger partial charge in [-0.15, -0.1) is 0 Å². The van der Waals surface area contributed by atoms with E-state index in [2.05, 4.69) is 0 Å². The first-order valence-corrected chi connectivity index (χ1v) is 9.99. The highest BCUT2D eigenvalue weighted by atomic mass is 16.5. The number of nitrogens with zero attached hydrogens (tertiary/aromatic N) is 3. The van der Waals surface area contributed by atoms with Gasteiger partial charge in [-0.05, 0) is 42.8 Å². The Labute approximate surface area is 179 Å². The molecule has 2 aromatic heterocycles. The summed E-state index contributed by atoms with van der Waals surface area (Å²) in [5.74, 6) is 0.277. The second kappa shape index (κ2) is 8.51. The minimum atomic E-state index is -0.399. The molecule has 1 saturated heterocycles. The molecule has 0 atom stereocenters. The molecule has 1 aliphatic rings. The Morgan fingerprint density at radius 2 is 1.61 bits per heavy atom. The molecule has 3 aromatic rings. The number of amides is 2. The zero-order chi connectivity index (χ0) is 22.0. The van der Waals surface area contributed by atoms with Crippen LogP contribution in [0.1, 0.15) is 26.5 Å². The van der Waals surface area contributed by atoms with Crippen LogP contribution in [-0.2, 0) is 0 Å². The van der Waals surface area contributed by atoms with E-state index < -0.39 is 5.56 Å². The van der Waals surface area contributed by atoms with E-state index >= 15 is 0 Å². The molecule has 160 valence electrons. The summed E-state index contributed by atoms with van der Waals surface area (Å²) in [6.45, 7) is 3.18. The lowest BCUT2D eigenvalue weighted by atomic mass is 10.1. The van der Waals surface area contributed by atoms with Gasteiger partial charge >= 0.3 is 0 Å². The van der Waals surface area contributed by atoms with Crippen LogP contribution in [0.15, 0.2) is 64.1 Å². The van der Waals surface area contributed by atoms with Crippen molar-refractivity contribution in [3.63, 3.8) is 0 Å². The van der Waals surface area contributed by atoms with Gasteiger partial charge in [0.2, 0.25) is 0 Å². The summed E-state index contributed by atoms with van der Waals surface area (Å²) in [6, 6.07) is 12.2. The fourth-order valence-corrected chi connectivity index (χ4v) is 3.73. The topological polar surface area (TPSA) is 85.0 Å². The minimum absolute atomic E-state index is 0.124. The smallest absolute Gasteiger partial charge is 0.289 e. The van der Waals surface area contributed by atoms with E-state index in [0.717, 1.165) is 0 Å². The fourth-order valence-electron chi connectivity index (χ4n) is 3.73. The van der Waals surface area contributed by atoms with E-state index in [0.29, 0.717) is 43.2 Å². The van der Waals surface area contributed by atoms with Crippen LogP contribution in [0, 0.1) is 6.92 Å². The molecule has 0 N–H and O–H groups in total. The van der Waals surface area contributed by atoms with Gasteiger partial charge in [0.15, 0.2) is 5.76 Å². The molecule has 4 rings (SSSR count). The number of rotatable bonds is 4. The molecule has 0 spiro atoms. The van der Waals surface area contributed by atoms with Crippen molar-refractivity contribution in [1.29, 1.82) is 0 Å². The Hall–Kier alpha value is -3.81. The molecule has 1 aromatic carbocycles. The lowest BCUT2D eigenvalue weighted by Crippen LogP contribution is -2.51. The van der Waals surface area contributed by atoms with Crippen LogP contribution in [0.4, 0.5) is 0 Å². The van der Waals surface area contributed by atoms with Gasteiger partial charge in [-0.2, -0.15) is 0 Å². The predicted molar refractivity (Wildman–Crippen MR) is 114 cm³/mol. The number of aryl methyl sites for hydroxylation is 1. The molecule has 8 heteroatoms. The molecule has 2 amide bonds. The minimum Gasteiger partial charge on any atom is -0.495 e. The Bertz CT molecular complexity index is 1160. The fraction of sp³-hybridized carbons (Fsp3) is 0.261. The van der Waals surface area contributed by atoms with Crippen LogP contribution in [0.5, 0.6) is 5.75 Å². The van der Waals surface area contributed by atoms with E-state index in [9.17, 15) is 14.4 Å². The average Bonchev–Trinajstić information content (AvgIpc) is 3.34. The zero-order valence-corrected chi connectivity index (χ0v) is 17.4. The summed E-state index contributed by atoms with van der Waals surface area (Å²) >= 11 is 0. The quantitative estimate of drug-likeness (QED) is 0.646. The Kier molecular flexibility index (Phi) is 5.62. The number of methoxy groups -OCH3 is 1. The predicted octanol–water partition coefficient (Wildman–Crippen LogP) is 2.35. The molecule has 3 heterocycles. The van der Waals surface area contributed by atoms with Gasteiger partial charge in [-0.1, -0.05) is 12.1 Å². The van der Waals surface area contributed by atoms with E-state index in [-0.39, 0.29) is 23.1 Å². The second-order valence-electron chi connectivity index (χ2n) is 7.28. The number of hydrogen-bond acceptors (Lipinski definition) is 5. The molecule has 0 radical (unpaired) electrons. The SMILES string of the molecule is COc1ccccc1-n1ccc(C)c(C(=O)N2CCN(C(=O)c3ccco3)CC2)c1=O. The summed E-state index contributed by atoms with van der Waals surface area (Å²) in [5, 5.41) is 0. The van der Waals surface area contributed by atoms with Crippen molar-refractivity contribution in [3.05, 3.63) is 82.2 Å². The Balaban J connectivity index is 1.57. The van der Waals surface area contributed by atoms with Gasteiger partial charge in [-0.25, -0.2) is 0 Å². The maximum Gasteiger partial charge on any atom is 0.289 e. The van der Waals surface area contributed by atoms with Gasteiger partial charge in [0.05, 0.1) is 19.1 Å². The third kappa shape index (κ3) is 3.84. The molecule has 0 unspecified atom stereocenters. The maximum absolute atomic E-state index is 13.3. The number of carbonyl (C=O) groups excluding carboxylic acids is 2. The summed E-state index contributed by atoms with van der Waals surface area (Å²) in [4.78, 5) is 42.2. The first-order chi connectivity index (χ1) is 15.0. The zero-order valence-electron chi connectivity index (χ0n) is 17.4. The van der Waals surface area contributed by atoms with Crippen LogP contribution in [0.2, 0.25) is 0 Å². The first kappa shape index (κ1) is 20.5. The third-order valence-electron chi connectivity index (χ3n) is 5.45. The molecule has 0 bridgehead atoms. The average molecular weight is 421 g/mol. The summed E-state index contributed by atoms with van der Waals surface area (Å²) < 4.78 is 12.0. The van der Waals surface area contributed by atoms with Crippen LogP contribution in [0.3, 0.4) is 0 Å². The molecule has 0 aliphatic carbocycles. The van der Waals surface area contributed by atoms with Crippen molar-refractivity contribution < 1.29 is 18.7 Å². The number of furan rings is 1. The van der Waals surface area contributed by atoms with Crippen molar-refractivity contribution in [2.24, 2.45) is 0 Å². The molecule has 0 saturated carbocycles. The van der Waals surface area contributed by atoms with E-state index in [4.69, 9.17) is 9.15 Å². The number of para-hydroxylation sites is 2. The molecule has 8 nitrogen and oxygen atoms in total. The van der Waals surface area contributed by atoms with Crippen LogP contribution >= 0.6 is 0 Å². The summed E-state index contributed by atoms with van der Waals surface area (Å²) in [7, 11) is 1.54. The van der Waals surface area contributed by atoms with E-state index in [1.54, 1.807) is 59.3 Å². The molecule has 1 aliphatic heterocycles. The number of benzene rings is 1. The number of carbonyl (C=O) groups is 2. The number of pyridine rings is 1. The van der Waals surface area contributed by atoms with Gasteiger partial charge < -0.3 is 19.0 Å². The van der Waals surface area contributed by atoms with Crippen molar-refractivity contribution in [2.45, 2.75) is 6.92 Å².